The Morgan fingerprint density at radius 1 is 0.744 bits per heavy atom. The summed E-state index contributed by atoms with van der Waals surface area (Å²) in [5.74, 6) is -1.91. The minimum Gasteiger partial charge on any atom is -0.458 e. The monoisotopic (exact) mass is 551 g/mol. The van der Waals surface area contributed by atoms with Crippen LogP contribution >= 0.6 is 0 Å². The van der Waals surface area contributed by atoms with E-state index in [9.17, 15) is 19.2 Å². The van der Waals surface area contributed by atoms with Crippen molar-refractivity contribution in [1.82, 2.24) is 0 Å². The molecular weight excluding hydrogens is 506 g/mol. The molecule has 39 heavy (non-hydrogen) atoms. The summed E-state index contributed by atoms with van der Waals surface area (Å²) in [4.78, 5) is 49.3. The second kappa shape index (κ2) is 16.7. The average Bonchev–Trinajstić information content (AvgIpc) is 2.91. The van der Waals surface area contributed by atoms with E-state index in [4.69, 9.17) is 29.4 Å². The van der Waals surface area contributed by atoms with Gasteiger partial charge in [0.15, 0.2) is 11.5 Å². The predicted octanol–water partition coefficient (Wildman–Crippen LogP) is 4.98. The Labute approximate surface area is 231 Å². The summed E-state index contributed by atoms with van der Waals surface area (Å²) in [7, 11) is 0. The molecular formula is C29H45NO9. The quantitative estimate of drug-likeness (QED) is 0.234. The lowest BCUT2D eigenvalue weighted by Gasteiger charge is -2.22. The molecule has 0 aromatic heterocycles. The standard InChI is InChI=1S/C29H45NO9/c1-9-17(4)16-35-29(34)37-21(8)20(7)36-28(33)23(30)14-22-12-13-24(38-26(31)18(5)10-2)25(15-22)39-27(32)19(6)11-3/h12-13,15,17-21,23H,9-11,14,16,30H2,1-8H3/t17?,18?,19?,20-,21-,23-/m0/s1. The lowest BCUT2D eigenvalue weighted by atomic mass is 10.1. The van der Waals surface area contributed by atoms with Gasteiger partial charge in [0.25, 0.3) is 0 Å². The molecule has 0 amide bonds. The first-order valence-corrected chi connectivity index (χ1v) is 13.7. The van der Waals surface area contributed by atoms with Gasteiger partial charge in [0, 0.05) is 0 Å². The third kappa shape index (κ3) is 11.6. The van der Waals surface area contributed by atoms with Crippen molar-refractivity contribution < 1.29 is 42.9 Å². The molecule has 10 nitrogen and oxygen atoms in total. The zero-order valence-electron chi connectivity index (χ0n) is 24.5. The molecule has 6 atom stereocenters. The lowest BCUT2D eigenvalue weighted by Crippen LogP contribution is -2.39. The lowest BCUT2D eigenvalue weighted by molar-refractivity contribution is -0.155. The summed E-state index contributed by atoms with van der Waals surface area (Å²) < 4.78 is 26.7. The number of esters is 3. The normalized spacial score (nSPS) is 15.6. The maximum atomic E-state index is 12.6. The van der Waals surface area contributed by atoms with E-state index in [-0.39, 0.29) is 42.3 Å². The van der Waals surface area contributed by atoms with E-state index in [1.165, 1.54) is 12.1 Å². The first-order chi connectivity index (χ1) is 18.3. The molecule has 0 heterocycles. The molecule has 3 unspecified atom stereocenters. The van der Waals surface area contributed by atoms with Gasteiger partial charge in [-0.25, -0.2) is 4.79 Å². The predicted molar refractivity (Wildman–Crippen MR) is 145 cm³/mol. The Hall–Kier alpha value is -3.14. The van der Waals surface area contributed by atoms with Crippen LogP contribution in [-0.4, -0.2) is 48.9 Å². The van der Waals surface area contributed by atoms with Crippen LogP contribution in [0.5, 0.6) is 11.5 Å². The third-order valence-electron chi connectivity index (χ3n) is 6.64. The smallest absolute Gasteiger partial charge is 0.458 e. The fraction of sp³-hybridized carbons (Fsp3) is 0.655. The molecule has 1 aromatic rings. The van der Waals surface area contributed by atoms with Gasteiger partial charge in [0.05, 0.1) is 18.4 Å². The first-order valence-electron chi connectivity index (χ1n) is 13.7. The molecule has 0 aliphatic heterocycles. The summed E-state index contributed by atoms with van der Waals surface area (Å²) >= 11 is 0. The van der Waals surface area contributed by atoms with Crippen LogP contribution in [0.15, 0.2) is 18.2 Å². The van der Waals surface area contributed by atoms with Crippen LogP contribution in [0.25, 0.3) is 0 Å². The van der Waals surface area contributed by atoms with Crippen molar-refractivity contribution in [2.24, 2.45) is 23.5 Å². The highest BCUT2D eigenvalue weighted by Gasteiger charge is 2.26. The summed E-state index contributed by atoms with van der Waals surface area (Å²) in [6.07, 6.45) is -0.257. The van der Waals surface area contributed by atoms with Gasteiger partial charge >= 0.3 is 24.1 Å². The molecule has 0 fully saturated rings. The maximum Gasteiger partial charge on any atom is 0.508 e. The molecule has 0 bridgehead atoms. The van der Waals surface area contributed by atoms with Gasteiger partial charge in [-0.2, -0.15) is 0 Å². The molecule has 2 N–H and O–H groups in total. The summed E-state index contributed by atoms with van der Waals surface area (Å²) in [5, 5.41) is 0. The van der Waals surface area contributed by atoms with E-state index in [1.807, 2.05) is 27.7 Å². The first kappa shape index (κ1) is 33.9. The molecule has 0 spiro atoms. The fourth-order valence-electron chi connectivity index (χ4n) is 2.91. The minimum atomic E-state index is -1.05. The molecule has 10 heteroatoms. The topological polar surface area (TPSA) is 140 Å². The molecule has 0 saturated heterocycles. The molecule has 1 aromatic carbocycles. The van der Waals surface area contributed by atoms with Crippen molar-refractivity contribution in [3.05, 3.63) is 23.8 Å². The van der Waals surface area contributed by atoms with Gasteiger partial charge in [-0.15, -0.1) is 0 Å². The van der Waals surface area contributed by atoms with Crippen molar-refractivity contribution in [1.29, 1.82) is 0 Å². The average molecular weight is 552 g/mol. The highest BCUT2D eigenvalue weighted by atomic mass is 16.7. The van der Waals surface area contributed by atoms with Crippen LogP contribution in [0.1, 0.15) is 80.2 Å². The second-order valence-corrected chi connectivity index (χ2v) is 10.1. The number of nitrogens with two attached hydrogens (primary N) is 1. The van der Waals surface area contributed by atoms with Crippen LogP contribution in [-0.2, 0) is 35.0 Å². The van der Waals surface area contributed by atoms with Gasteiger partial charge in [0.2, 0.25) is 0 Å². The van der Waals surface area contributed by atoms with Gasteiger partial charge in [-0.3, -0.25) is 14.4 Å². The zero-order valence-corrected chi connectivity index (χ0v) is 24.5. The number of carbonyl (C=O) groups is 4. The van der Waals surface area contributed by atoms with Crippen molar-refractivity contribution in [2.45, 2.75) is 99.3 Å². The van der Waals surface area contributed by atoms with Gasteiger partial charge in [-0.05, 0) is 56.7 Å². The van der Waals surface area contributed by atoms with E-state index in [0.29, 0.717) is 18.4 Å². The Morgan fingerprint density at radius 2 is 1.28 bits per heavy atom. The molecule has 0 aliphatic rings. The van der Waals surface area contributed by atoms with Gasteiger partial charge in [0.1, 0.15) is 18.2 Å². The van der Waals surface area contributed by atoms with Crippen LogP contribution in [0, 0.1) is 17.8 Å². The minimum absolute atomic E-state index is 0.0607. The number of hydrogen-bond donors (Lipinski definition) is 1. The molecule has 220 valence electrons. The Kier molecular flexibility index (Phi) is 14.5. The molecule has 0 saturated carbocycles. The van der Waals surface area contributed by atoms with Crippen molar-refractivity contribution >= 4 is 24.1 Å². The summed E-state index contributed by atoms with van der Waals surface area (Å²) in [5.41, 5.74) is 6.66. The van der Waals surface area contributed by atoms with Gasteiger partial charge < -0.3 is 29.4 Å². The second-order valence-electron chi connectivity index (χ2n) is 10.1. The number of ether oxygens (including phenoxy) is 5. The molecule has 0 aliphatic carbocycles. The highest BCUT2D eigenvalue weighted by molar-refractivity contribution is 5.79. The SMILES string of the molecule is CCC(C)COC(=O)O[C@@H](C)[C@H](C)OC(=O)[C@@H](N)Cc1ccc(OC(=O)C(C)CC)c(OC(=O)C(C)CC)c1. The Balaban J connectivity index is 2.88. The van der Waals surface area contributed by atoms with Gasteiger partial charge in [-0.1, -0.05) is 54.0 Å². The zero-order chi connectivity index (χ0) is 29.7. The van der Waals surface area contributed by atoms with Crippen molar-refractivity contribution in [3.63, 3.8) is 0 Å². The number of rotatable bonds is 15. The third-order valence-corrected chi connectivity index (χ3v) is 6.64. The van der Waals surface area contributed by atoms with E-state index in [0.717, 1.165) is 6.42 Å². The Bertz CT molecular complexity index is 964. The number of benzene rings is 1. The van der Waals surface area contributed by atoms with Crippen LogP contribution in [0.4, 0.5) is 4.79 Å². The fourth-order valence-corrected chi connectivity index (χ4v) is 2.91. The highest BCUT2D eigenvalue weighted by Crippen LogP contribution is 2.31. The van der Waals surface area contributed by atoms with Crippen LogP contribution < -0.4 is 15.2 Å². The van der Waals surface area contributed by atoms with Crippen molar-refractivity contribution in [2.75, 3.05) is 6.61 Å². The van der Waals surface area contributed by atoms with Crippen LogP contribution in [0.3, 0.4) is 0 Å². The largest absolute Gasteiger partial charge is 0.508 e. The summed E-state index contributed by atoms with van der Waals surface area (Å²) in [6, 6.07) is 3.62. The summed E-state index contributed by atoms with van der Waals surface area (Å²) in [6.45, 7) is 14.6. The number of hydrogen-bond acceptors (Lipinski definition) is 10. The van der Waals surface area contributed by atoms with E-state index in [1.54, 1.807) is 33.8 Å². The van der Waals surface area contributed by atoms with Crippen LogP contribution in [0.2, 0.25) is 0 Å². The number of carbonyl (C=O) groups excluding carboxylic acids is 4. The Morgan fingerprint density at radius 3 is 1.82 bits per heavy atom. The van der Waals surface area contributed by atoms with E-state index in [2.05, 4.69) is 0 Å². The molecule has 0 radical (unpaired) electrons. The van der Waals surface area contributed by atoms with Crippen molar-refractivity contribution in [3.8, 4) is 11.5 Å². The van der Waals surface area contributed by atoms with E-state index < -0.39 is 42.3 Å². The maximum absolute atomic E-state index is 12.6. The van der Waals surface area contributed by atoms with E-state index >= 15 is 0 Å². The molecule has 1 rings (SSSR count).